The number of carbonyl (C=O) groups is 1. The Kier molecular flexibility index (Phi) is 5.50. The highest BCUT2D eigenvalue weighted by molar-refractivity contribution is 8.27. The largest absolute Gasteiger partial charge is 0.489 e. The van der Waals surface area contributed by atoms with Crippen molar-refractivity contribution in [1.29, 1.82) is 0 Å². The first-order valence-electron chi connectivity index (χ1n) is 8.65. The minimum absolute atomic E-state index is 0.140. The van der Waals surface area contributed by atoms with E-state index >= 15 is 0 Å². The van der Waals surface area contributed by atoms with Gasteiger partial charge in [-0.3, -0.25) is 14.7 Å². The molecular formula is C22H16N2O2S2. The summed E-state index contributed by atoms with van der Waals surface area (Å²) in [7, 11) is 0. The smallest absolute Gasteiger partial charge is 0.270 e. The lowest BCUT2D eigenvalue weighted by Gasteiger charge is -2.13. The molecule has 1 aliphatic heterocycles. The number of carbonyl (C=O) groups excluding carboxylic acids is 1. The van der Waals surface area contributed by atoms with Crippen LogP contribution in [0, 0.1) is 0 Å². The van der Waals surface area contributed by atoms with Gasteiger partial charge in [0.2, 0.25) is 0 Å². The van der Waals surface area contributed by atoms with E-state index in [1.54, 1.807) is 18.5 Å². The van der Waals surface area contributed by atoms with Crippen LogP contribution >= 0.6 is 24.0 Å². The highest BCUT2D eigenvalue weighted by atomic mass is 32.2. The molecule has 3 aromatic rings. The van der Waals surface area contributed by atoms with E-state index in [-0.39, 0.29) is 5.91 Å². The average Bonchev–Trinajstić information content (AvgIpc) is 3.01. The Morgan fingerprint density at radius 3 is 2.71 bits per heavy atom. The van der Waals surface area contributed by atoms with Crippen LogP contribution in [0.3, 0.4) is 0 Å². The molecule has 1 aliphatic rings. The second-order valence-electron chi connectivity index (χ2n) is 6.08. The normalized spacial score (nSPS) is 15.3. The summed E-state index contributed by atoms with van der Waals surface area (Å²) in [6, 6.07) is 21.3. The van der Waals surface area contributed by atoms with Crippen LogP contribution in [-0.2, 0) is 11.4 Å². The molecule has 1 fully saturated rings. The predicted octanol–water partition coefficient (Wildman–Crippen LogP) is 5.07. The summed E-state index contributed by atoms with van der Waals surface area (Å²) in [4.78, 5) is 19.0. The molecule has 0 unspecified atom stereocenters. The third-order valence-corrected chi connectivity index (χ3v) is 5.40. The number of amides is 1. The van der Waals surface area contributed by atoms with Gasteiger partial charge in [-0.2, -0.15) is 0 Å². The minimum Gasteiger partial charge on any atom is -0.489 e. The molecule has 2 aromatic carbocycles. The Balaban J connectivity index is 1.51. The van der Waals surface area contributed by atoms with Crippen LogP contribution < -0.4 is 9.64 Å². The molecule has 0 aliphatic carbocycles. The van der Waals surface area contributed by atoms with Crippen LogP contribution in [0.4, 0.5) is 5.69 Å². The fourth-order valence-corrected chi connectivity index (χ4v) is 4.06. The monoisotopic (exact) mass is 404 g/mol. The van der Waals surface area contributed by atoms with Crippen molar-refractivity contribution >= 4 is 46.0 Å². The molecule has 1 saturated heterocycles. The van der Waals surface area contributed by atoms with E-state index in [1.165, 1.54) is 16.7 Å². The quantitative estimate of drug-likeness (QED) is 0.439. The van der Waals surface area contributed by atoms with E-state index in [0.717, 1.165) is 16.9 Å². The van der Waals surface area contributed by atoms with E-state index < -0.39 is 0 Å². The van der Waals surface area contributed by atoms with Crippen molar-refractivity contribution in [2.24, 2.45) is 0 Å². The summed E-state index contributed by atoms with van der Waals surface area (Å²) in [6.45, 7) is 0.493. The van der Waals surface area contributed by atoms with Crippen LogP contribution in [0.15, 0.2) is 84.0 Å². The first-order chi connectivity index (χ1) is 13.7. The number of rotatable bonds is 5. The van der Waals surface area contributed by atoms with Crippen molar-refractivity contribution in [3.63, 3.8) is 0 Å². The van der Waals surface area contributed by atoms with Gasteiger partial charge in [-0.25, -0.2) is 0 Å². The van der Waals surface area contributed by atoms with E-state index in [2.05, 4.69) is 4.98 Å². The molecule has 4 nitrogen and oxygen atoms in total. The molecule has 4 rings (SSSR count). The molecule has 0 N–H and O–H groups in total. The van der Waals surface area contributed by atoms with Crippen LogP contribution in [0.1, 0.15) is 11.1 Å². The fourth-order valence-electron chi connectivity index (χ4n) is 2.76. The van der Waals surface area contributed by atoms with Crippen molar-refractivity contribution in [3.8, 4) is 5.75 Å². The van der Waals surface area contributed by atoms with Gasteiger partial charge < -0.3 is 4.74 Å². The number of hydrogen-bond acceptors (Lipinski definition) is 5. The topological polar surface area (TPSA) is 42.4 Å². The molecule has 0 saturated carbocycles. The predicted molar refractivity (Wildman–Crippen MR) is 117 cm³/mol. The number of anilines is 1. The summed E-state index contributed by atoms with van der Waals surface area (Å²) in [6.07, 6.45) is 5.13. The van der Waals surface area contributed by atoms with Crippen LogP contribution in [0.5, 0.6) is 5.75 Å². The first kappa shape index (κ1) is 18.4. The highest BCUT2D eigenvalue weighted by Gasteiger charge is 2.33. The zero-order valence-corrected chi connectivity index (χ0v) is 16.5. The maximum atomic E-state index is 12.8. The number of nitrogens with zero attached hydrogens (tertiary/aromatic N) is 2. The molecule has 6 heteroatoms. The van der Waals surface area contributed by atoms with Crippen molar-refractivity contribution in [2.45, 2.75) is 6.61 Å². The lowest BCUT2D eigenvalue weighted by atomic mass is 10.2. The molecule has 0 bridgehead atoms. The lowest BCUT2D eigenvalue weighted by Crippen LogP contribution is -2.27. The fraction of sp³-hybridized carbons (Fsp3) is 0.0455. The summed E-state index contributed by atoms with van der Waals surface area (Å²) in [5.41, 5.74) is 2.66. The lowest BCUT2D eigenvalue weighted by molar-refractivity contribution is -0.113. The third-order valence-electron chi connectivity index (χ3n) is 4.10. The van der Waals surface area contributed by atoms with Gasteiger partial charge in [0.05, 0.1) is 16.8 Å². The molecule has 1 aromatic heterocycles. The van der Waals surface area contributed by atoms with Gasteiger partial charge in [0.25, 0.3) is 5.91 Å². The van der Waals surface area contributed by atoms with Crippen LogP contribution in [0.25, 0.3) is 6.08 Å². The maximum absolute atomic E-state index is 12.8. The van der Waals surface area contributed by atoms with Gasteiger partial charge in [0.15, 0.2) is 4.32 Å². The Morgan fingerprint density at radius 2 is 1.93 bits per heavy atom. The number of benzene rings is 2. The number of thiocarbonyl (C=S) groups is 1. The van der Waals surface area contributed by atoms with Crippen molar-refractivity contribution in [1.82, 2.24) is 4.98 Å². The van der Waals surface area contributed by atoms with Crippen molar-refractivity contribution < 1.29 is 9.53 Å². The van der Waals surface area contributed by atoms with Gasteiger partial charge in [-0.05, 0) is 41.5 Å². The SMILES string of the molecule is O=C1/C(=C/c2cccc(OCc3ccccc3)c2)SC(=S)N1c1cccnc1. The second-order valence-corrected chi connectivity index (χ2v) is 7.75. The third kappa shape index (κ3) is 4.13. The Labute approximate surface area is 172 Å². The van der Waals surface area contributed by atoms with Crippen molar-refractivity contribution in [3.05, 3.63) is 95.2 Å². The van der Waals surface area contributed by atoms with Crippen LogP contribution in [0.2, 0.25) is 0 Å². The molecule has 138 valence electrons. The van der Waals surface area contributed by atoms with Gasteiger partial charge in [0.1, 0.15) is 12.4 Å². The highest BCUT2D eigenvalue weighted by Crippen LogP contribution is 2.35. The average molecular weight is 405 g/mol. The zero-order valence-electron chi connectivity index (χ0n) is 14.8. The molecule has 0 spiro atoms. The van der Waals surface area contributed by atoms with Gasteiger partial charge in [0, 0.05) is 6.20 Å². The molecule has 2 heterocycles. The standard InChI is InChI=1S/C22H16N2O2S2/c25-21-20(28-22(27)24(21)18-9-5-11-23-14-18)13-17-8-4-10-19(12-17)26-15-16-6-2-1-3-7-16/h1-14H,15H2/b20-13-. The number of thioether (sulfide) groups is 1. The summed E-state index contributed by atoms with van der Waals surface area (Å²) < 4.78 is 6.37. The second kappa shape index (κ2) is 8.37. The zero-order chi connectivity index (χ0) is 19.3. The van der Waals surface area contributed by atoms with E-state index in [9.17, 15) is 4.79 Å². The Hall–Kier alpha value is -2.96. The Morgan fingerprint density at radius 1 is 1.07 bits per heavy atom. The molecule has 0 radical (unpaired) electrons. The van der Waals surface area contributed by atoms with E-state index in [1.807, 2.05) is 66.7 Å². The summed E-state index contributed by atoms with van der Waals surface area (Å²) >= 11 is 6.68. The summed E-state index contributed by atoms with van der Waals surface area (Å²) in [5.74, 6) is 0.610. The van der Waals surface area contributed by atoms with E-state index in [0.29, 0.717) is 21.5 Å². The molecule has 1 amide bonds. The minimum atomic E-state index is -0.140. The van der Waals surface area contributed by atoms with Crippen LogP contribution in [-0.4, -0.2) is 15.2 Å². The number of hydrogen-bond donors (Lipinski definition) is 0. The maximum Gasteiger partial charge on any atom is 0.270 e. The summed E-state index contributed by atoms with van der Waals surface area (Å²) in [5, 5.41) is 0. The molecule has 28 heavy (non-hydrogen) atoms. The first-order valence-corrected chi connectivity index (χ1v) is 9.88. The number of pyridine rings is 1. The van der Waals surface area contributed by atoms with Gasteiger partial charge in [-0.15, -0.1) is 0 Å². The number of aromatic nitrogens is 1. The van der Waals surface area contributed by atoms with Gasteiger partial charge >= 0.3 is 0 Å². The number of ether oxygens (including phenoxy) is 1. The molecule has 0 atom stereocenters. The van der Waals surface area contributed by atoms with E-state index in [4.69, 9.17) is 17.0 Å². The Bertz CT molecular complexity index is 1040. The van der Waals surface area contributed by atoms with Crippen molar-refractivity contribution in [2.75, 3.05) is 4.90 Å². The van der Waals surface area contributed by atoms with Gasteiger partial charge in [-0.1, -0.05) is 66.4 Å². The molecular weight excluding hydrogens is 388 g/mol.